The van der Waals surface area contributed by atoms with Gasteiger partial charge in [0.1, 0.15) is 6.54 Å². The van der Waals surface area contributed by atoms with Gasteiger partial charge in [-0.3, -0.25) is 4.79 Å². The van der Waals surface area contributed by atoms with Crippen molar-refractivity contribution in [1.29, 1.82) is 0 Å². The molecule has 2 N–H and O–H groups in total. The highest BCUT2D eigenvalue weighted by Crippen LogP contribution is 2.14. The molecule has 2 rings (SSSR count). The molecule has 1 amide bonds. The van der Waals surface area contributed by atoms with E-state index in [1.54, 1.807) is 11.8 Å². The fourth-order valence-electron chi connectivity index (χ4n) is 2.48. The second-order valence-electron chi connectivity index (χ2n) is 5.74. The Bertz CT molecular complexity index is 599. The second kappa shape index (κ2) is 9.38. The Labute approximate surface area is 143 Å². The summed E-state index contributed by atoms with van der Waals surface area (Å²) in [6, 6.07) is 18.8. The molecule has 1 atom stereocenters. The van der Waals surface area contributed by atoms with E-state index in [2.05, 4.69) is 55.0 Å². The first-order chi connectivity index (χ1) is 11.2. The summed E-state index contributed by atoms with van der Waals surface area (Å²) in [6.07, 6.45) is 2.95. The summed E-state index contributed by atoms with van der Waals surface area (Å²) in [5, 5.41) is 3.00. The van der Waals surface area contributed by atoms with Gasteiger partial charge in [-0.25, -0.2) is 0 Å². The molecular weight excluding hydrogens is 304 g/mol. The molecule has 0 spiro atoms. The summed E-state index contributed by atoms with van der Waals surface area (Å²) in [4.78, 5) is 14.5. The molecule has 0 aromatic heterocycles. The fraction of sp³-hybridized carbons (Fsp3) is 0.316. The van der Waals surface area contributed by atoms with Crippen LogP contribution in [0.15, 0.2) is 59.5 Å². The zero-order chi connectivity index (χ0) is 16.5. The minimum atomic E-state index is 0.110. The Balaban J connectivity index is 1.69. The van der Waals surface area contributed by atoms with Crippen LogP contribution in [0.2, 0.25) is 0 Å². The normalized spacial score (nSPS) is 11.9. The van der Waals surface area contributed by atoms with Crippen molar-refractivity contribution in [3.05, 3.63) is 65.7 Å². The predicted molar refractivity (Wildman–Crippen MR) is 96.8 cm³/mol. The van der Waals surface area contributed by atoms with Crippen molar-refractivity contribution in [2.75, 3.05) is 26.4 Å². The summed E-state index contributed by atoms with van der Waals surface area (Å²) in [7, 11) is 2.05. The molecule has 1 unspecified atom stereocenters. The van der Waals surface area contributed by atoms with E-state index in [1.807, 2.05) is 18.2 Å². The van der Waals surface area contributed by atoms with Gasteiger partial charge in [-0.2, -0.15) is 0 Å². The number of benzene rings is 2. The van der Waals surface area contributed by atoms with Crippen LogP contribution < -0.4 is 10.2 Å². The average Bonchev–Trinajstić information content (AvgIpc) is 2.56. The first-order valence-electron chi connectivity index (χ1n) is 7.92. The van der Waals surface area contributed by atoms with Gasteiger partial charge in [0.25, 0.3) is 5.91 Å². The molecule has 23 heavy (non-hydrogen) atoms. The van der Waals surface area contributed by atoms with Crippen molar-refractivity contribution in [3.63, 3.8) is 0 Å². The van der Waals surface area contributed by atoms with Crippen LogP contribution in [-0.4, -0.2) is 32.3 Å². The molecule has 0 radical (unpaired) electrons. The van der Waals surface area contributed by atoms with E-state index in [0.717, 1.165) is 13.0 Å². The lowest BCUT2D eigenvalue weighted by molar-refractivity contribution is -0.885. The van der Waals surface area contributed by atoms with Crippen molar-refractivity contribution in [1.82, 2.24) is 5.32 Å². The van der Waals surface area contributed by atoms with Gasteiger partial charge >= 0.3 is 0 Å². The number of amides is 1. The van der Waals surface area contributed by atoms with E-state index in [0.29, 0.717) is 13.1 Å². The fourth-order valence-corrected chi connectivity index (χ4v) is 2.89. The largest absolute Gasteiger partial charge is 0.351 e. The van der Waals surface area contributed by atoms with Crippen molar-refractivity contribution in [2.45, 2.75) is 17.9 Å². The van der Waals surface area contributed by atoms with Crippen molar-refractivity contribution >= 4 is 17.7 Å². The predicted octanol–water partition coefficient (Wildman–Crippen LogP) is 1.78. The third kappa shape index (κ3) is 6.47. The van der Waals surface area contributed by atoms with Gasteiger partial charge in [-0.15, -0.1) is 11.8 Å². The lowest BCUT2D eigenvalue weighted by Gasteiger charge is -2.14. The summed E-state index contributed by atoms with van der Waals surface area (Å²) >= 11 is 1.74. The lowest BCUT2D eigenvalue weighted by atomic mass is 10.1. The van der Waals surface area contributed by atoms with E-state index < -0.39 is 0 Å². The van der Waals surface area contributed by atoms with Gasteiger partial charge < -0.3 is 10.2 Å². The van der Waals surface area contributed by atoms with Crippen LogP contribution in [0, 0.1) is 0 Å². The van der Waals surface area contributed by atoms with E-state index in [1.165, 1.54) is 20.9 Å². The molecule has 0 saturated carbocycles. The zero-order valence-electron chi connectivity index (χ0n) is 13.8. The maximum atomic E-state index is 12.0. The van der Waals surface area contributed by atoms with Crippen molar-refractivity contribution < 1.29 is 9.69 Å². The van der Waals surface area contributed by atoms with Gasteiger partial charge in [-0.1, -0.05) is 42.5 Å². The number of thioether (sulfide) groups is 1. The topological polar surface area (TPSA) is 33.5 Å². The molecule has 0 aliphatic rings. The Morgan fingerprint density at radius 1 is 1.04 bits per heavy atom. The molecule has 122 valence electrons. The Morgan fingerprint density at radius 3 is 2.39 bits per heavy atom. The van der Waals surface area contributed by atoms with Crippen LogP contribution in [0.3, 0.4) is 0 Å². The number of hydrogen-bond donors (Lipinski definition) is 2. The Morgan fingerprint density at radius 2 is 1.74 bits per heavy atom. The van der Waals surface area contributed by atoms with Crippen LogP contribution in [0.4, 0.5) is 0 Å². The minimum Gasteiger partial charge on any atom is -0.351 e. The van der Waals surface area contributed by atoms with Crippen molar-refractivity contribution in [2.24, 2.45) is 0 Å². The number of carbonyl (C=O) groups excluding carboxylic acids is 1. The summed E-state index contributed by atoms with van der Waals surface area (Å²) in [6.45, 7) is 2.05. The maximum Gasteiger partial charge on any atom is 0.275 e. The zero-order valence-corrected chi connectivity index (χ0v) is 14.7. The molecule has 0 aliphatic heterocycles. The summed E-state index contributed by atoms with van der Waals surface area (Å²) in [5.41, 5.74) is 2.51. The Kier molecular flexibility index (Phi) is 7.17. The van der Waals surface area contributed by atoms with E-state index >= 15 is 0 Å². The summed E-state index contributed by atoms with van der Waals surface area (Å²) in [5.74, 6) is 0.110. The molecule has 2 aromatic rings. The van der Waals surface area contributed by atoms with Gasteiger partial charge in [0, 0.05) is 17.0 Å². The highest BCUT2D eigenvalue weighted by Gasteiger charge is 2.10. The molecule has 0 aliphatic carbocycles. The first kappa shape index (κ1) is 17.6. The van der Waals surface area contributed by atoms with Gasteiger partial charge in [-0.05, 0) is 30.4 Å². The van der Waals surface area contributed by atoms with Crippen LogP contribution in [-0.2, 0) is 17.8 Å². The third-order valence-electron chi connectivity index (χ3n) is 3.71. The summed E-state index contributed by atoms with van der Waals surface area (Å²) < 4.78 is 0. The highest BCUT2D eigenvalue weighted by atomic mass is 32.2. The van der Waals surface area contributed by atoms with Crippen LogP contribution in [0.5, 0.6) is 0 Å². The SMILES string of the molecule is CSc1ccc(C[NH+](C)CC(=O)NCCc2ccccc2)cc1. The molecule has 2 aromatic carbocycles. The third-order valence-corrected chi connectivity index (χ3v) is 4.45. The number of carbonyl (C=O) groups is 1. The molecule has 0 bridgehead atoms. The van der Waals surface area contributed by atoms with Gasteiger partial charge in [0.05, 0.1) is 7.05 Å². The molecule has 4 heteroatoms. The lowest BCUT2D eigenvalue weighted by Crippen LogP contribution is -3.08. The van der Waals surface area contributed by atoms with Crippen LogP contribution in [0.25, 0.3) is 0 Å². The molecule has 0 heterocycles. The molecule has 0 fully saturated rings. The van der Waals surface area contributed by atoms with Gasteiger partial charge in [0.15, 0.2) is 6.54 Å². The number of rotatable bonds is 8. The average molecular weight is 329 g/mol. The highest BCUT2D eigenvalue weighted by molar-refractivity contribution is 7.98. The molecular formula is C19H25N2OS+. The number of quaternary nitrogens is 1. The van der Waals surface area contributed by atoms with Gasteiger partial charge in [0.2, 0.25) is 0 Å². The molecule has 0 saturated heterocycles. The number of hydrogen-bond acceptors (Lipinski definition) is 2. The minimum absolute atomic E-state index is 0.110. The molecule has 3 nitrogen and oxygen atoms in total. The smallest absolute Gasteiger partial charge is 0.275 e. The quantitative estimate of drug-likeness (QED) is 0.724. The first-order valence-corrected chi connectivity index (χ1v) is 9.14. The van der Waals surface area contributed by atoms with E-state index in [9.17, 15) is 4.79 Å². The maximum absolute atomic E-state index is 12.0. The van der Waals surface area contributed by atoms with Crippen LogP contribution in [0.1, 0.15) is 11.1 Å². The van der Waals surface area contributed by atoms with Crippen LogP contribution >= 0.6 is 11.8 Å². The number of nitrogens with one attached hydrogen (secondary N) is 2. The standard InChI is InChI=1S/C19H24N2OS/c1-21(14-17-8-10-18(23-2)11-9-17)15-19(22)20-13-12-16-6-4-3-5-7-16/h3-11H,12-15H2,1-2H3,(H,20,22)/p+1. The van der Waals surface area contributed by atoms with E-state index in [-0.39, 0.29) is 5.91 Å². The van der Waals surface area contributed by atoms with E-state index in [4.69, 9.17) is 0 Å². The monoisotopic (exact) mass is 329 g/mol. The second-order valence-corrected chi connectivity index (χ2v) is 6.62. The Hall–Kier alpha value is -1.78. The van der Waals surface area contributed by atoms with Crippen molar-refractivity contribution in [3.8, 4) is 0 Å². The number of likely N-dealkylation sites (N-methyl/N-ethyl adjacent to an activating group) is 1.